The van der Waals surface area contributed by atoms with E-state index >= 15 is 0 Å². The Balaban J connectivity index is 1.67. The second-order valence-electron chi connectivity index (χ2n) is 7.52. The van der Waals surface area contributed by atoms with Crippen LogP contribution in [0.15, 0.2) is 46.7 Å². The van der Waals surface area contributed by atoms with E-state index in [2.05, 4.69) is 5.32 Å². The maximum Gasteiger partial charge on any atom is 0.339 e. The molecule has 2 aromatic rings. The summed E-state index contributed by atoms with van der Waals surface area (Å²) >= 11 is 1.43. The van der Waals surface area contributed by atoms with Gasteiger partial charge in [0.05, 0.1) is 37.1 Å². The van der Waals surface area contributed by atoms with Crippen molar-refractivity contribution in [2.24, 2.45) is 5.92 Å². The van der Waals surface area contributed by atoms with Gasteiger partial charge in [-0.05, 0) is 36.4 Å². The first-order valence-corrected chi connectivity index (χ1v) is 12.7. The van der Waals surface area contributed by atoms with Crippen LogP contribution in [0, 0.1) is 5.92 Å². The van der Waals surface area contributed by atoms with Crippen LogP contribution in [0.1, 0.15) is 40.5 Å². The van der Waals surface area contributed by atoms with Gasteiger partial charge in [-0.15, -0.1) is 11.3 Å². The van der Waals surface area contributed by atoms with Crippen molar-refractivity contribution in [3.05, 3.63) is 52.2 Å². The molecule has 1 amide bonds. The van der Waals surface area contributed by atoms with E-state index in [1.165, 1.54) is 42.0 Å². The molecule has 1 aromatic heterocycles. The minimum atomic E-state index is -3.93. The van der Waals surface area contributed by atoms with Crippen LogP contribution in [0.5, 0.6) is 0 Å². The maximum absolute atomic E-state index is 13.2. The van der Waals surface area contributed by atoms with Gasteiger partial charge in [0.1, 0.15) is 0 Å². The third kappa shape index (κ3) is 5.79. The van der Waals surface area contributed by atoms with E-state index in [9.17, 15) is 22.8 Å². The Bertz CT molecular complexity index is 1090. The molecule has 178 valence electrons. The highest BCUT2D eigenvalue weighted by molar-refractivity contribution is 7.89. The summed E-state index contributed by atoms with van der Waals surface area (Å²) in [4.78, 5) is 37.4. The lowest BCUT2D eigenvalue weighted by Crippen LogP contribution is -2.44. The highest BCUT2D eigenvalue weighted by atomic mass is 32.2. The van der Waals surface area contributed by atoms with Crippen molar-refractivity contribution in [2.75, 3.05) is 27.3 Å². The van der Waals surface area contributed by atoms with Gasteiger partial charge in [-0.1, -0.05) is 18.2 Å². The number of rotatable bonds is 8. The van der Waals surface area contributed by atoms with Gasteiger partial charge >= 0.3 is 11.9 Å². The molecular weight excluding hydrogens is 468 g/mol. The number of thiophene rings is 1. The molecule has 9 nitrogen and oxygen atoms in total. The number of piperidine rings is 1. The van der Waals surface area contributed by atoms with E-state index < -0.39 is 33.9 Å². The summed E-state index contributed by atoms with van der Waals surface area (Å²) in [6.07, 6.45) is 0.655. The van der Waals surface area contributed by atoms with Gasteiger partial charge in [-0.25, -0.2) is 13.2 Å². The van der Waals surface area contributed by atoms with E-state index in [0.717, 1.165) is 4.88 Å². The average Bonchev–Trinajstić information content (AvgIpc) is 3.38. The maximum atomic E-state index is 13.2. The summed E-state index contributed by atoms with van der Waals surface area (Å²) in [6.45, 7) is 0.271. The van der Waals surface area contributed by atoms with Crippen molar-refractivity contribution < 1.29 is 32.3 Å². The van der Waals surface area contributed by atoms with Crippen LogP contribution in [-0.4, -0.2) is 57.9 Å². The number of amides is 1. The fraction of sp³-hybridized carbons (Fsp3) is 0.409. The number of esters is 2. The molecule has 33 heavy (non-hydrogen) atoms. The van der Waals surface area contributed by atoms with Gasteiger partial charge < -0.3 is 14.8 Å². The van der Waals surface area contributed by atoms with Crippen molar-refractivity contribution in [2.45, 2.75) is 30.2 Å². The fourth-order valence-corrected chi connectivity index (χ4v) is 6.15. The minimum Gasteiger partial charge on any atom is -0.469 e. The molecule has 1 unspecified atom stereocenters. The molecule has 0 saturated carbocycles. The molecule has 11 heteroatoms. The number of benzene rings is 1. The Hall–Kier alpha value is -2.76. The first-order chi connectivity index (χ1) is 15.8. The lowest BCUT2D eigenvalue weighted by molar-refractivity contribution is -0.141. The zero-order chi connectivity index (χ0) is 24.0. The van der Waals surface area contributed by atoms with Gasteiger partial charge in [0.15, 0.2) is 0 Å². The molecule has 1 aromatic carbocycles. The average molecular weight is 495 g/mol. The summed E-state index contributed by atoms with van der Waals surface area (Å²) < 4.78 is 37.0. The zero-order valence-corrected chi connectivity index (χ0v) is 20.0. The van der Waals surface area contributed by atoms with E-state index in [-0.39, 0.29) is 35.9 Å². The third-order valence-electron chi connectivity index (χ3n) is 5.54. The number of carbonyl (C=O) groups is 3. The predicted octanol–water partition coefficient (Wildman–Crippen LogP) is 2.36. The highest BCUT2D eigenvalue weighted by Gasteiger charge is 2.35. The number of sulfonamides is 1. The van der Waals surface area contributed by atoms with Crippen LogP contribution in [-0.2, 0) is 29.1 Å². The Labute approximate surface area is 196 Å². The van der Waals surface area contributed by atoms with Gasteiger partial charge in [-0.3, -0.25) is 9.59 Å². The van der Waals surface area contributed by atoms with Crippen LogP contribution in [0.2, 0.25) is 0 Å². The second kappa shape index (κ2) is 10.9. The van der Waals surface area contributed by atoms with Crippen LogP contribution < -0.4 is 5.32 Å². The number of hydrogen-bond donors (Lipinski definition) is 1. The van der Waals surface area contributed by atoms with Crippen LogP contribution >= 0.6 is 11.3 Å². The van der Waals surface area contributed by atoms with Gasteiger partial charge in [0.2, 0.25) is 15.9 Å². The van der Waals surface area contributed by atoms with Crippen molar-refractivity contribution in [1.82, 2.24) is 9.62 Å². The summed E-state index contributed by atoms with van der Waals surface area (Å²) in [7, 11) is -1.44. The lowest BCUT2D eigenvalue weighted by atomic mass is 9.96. The van der Waals surface area contributed by atoms with Crippen LogP contribution in [0.3, 0.4) is 0 Å². The molecule has 0 bridgehead atoms. The summed E-state index contributed by atoms with van der Waals surface area (Å²) in [5.41, 5.74) is -0.0264. The van der Waals surface area contributed by atoms with E-state index in [1.54, 1.807) is 12.1 Å². The van der Waals surface area contributed by atoms with Crippen molar-refractivity contribution in [3.8, 4) is 0 Å². The number of hydrogen-bond acceptors (Lipinski definition) is 8. The third-order valence-corrected chi connectivity index (χ3v) is 8.48. The van der Waals surface area contributed by atoms with E-state index in [0.29, 0.717) is 12.8 Å². The summed E-state index contributed by atoms with van der Waals surface area (Å²) in [5.74, 6) is -1.79. The fourth-order valence-electron chi connectivity index (χ4n) is 3.72. The van der Waals surface area contributed by atoms with Gasteiger partial charge in [0.25, 0.3) is 0 Å². The first-order valence-electron chi connectivity index (χ1n) is 10.4. The topological polar surface area (TPSA) is 119 Å². The molecule has 3 rings (SSSR count). The van der Waals surface area contributed by atoms with Crippen molar-refractivity contribution in [3.63, 3.8) is 0 Å². The number of nitrogens with zero attached hydrogens (tertiary/aromatic N) is 1. The number of ether oxygens (including phenoxy) is 2. The van der Waals surface area contributed by atoms with E-state index in [1.807, 2.05) is 17.5 Å². The van der Waals surface area contributed by atoms with Crippen molar-refractivity contribution in [1.29, 1.82) is 0 Å². The van der Waals surface area contributed by atoms with E-state index in [4.69, 9.17) is 9.47 Å². The molecule has 1 aliphatic heterocycles. The number of methoxy groups -OCH3 is 2. The summed E-state index contributed by atoms with van der Waals surface area (Å²) in [5, 5.41) is 4.78. The number of nitrogens with one attached hydrogen (secondary N) is 1. The summed E-state index contributed by atoms with van der Waals surface area (Å²) in [6, 6.07) is 9.08. The molecule has 1 saturated heterocycles. The molecule has 1 N–H and O–H groups in total. The number of carbonyl (C=O) groups excluding carboxylic acids is 3. The Kier molecular flexibility index (Phi) is 8.22. The highest BCUT2D eigenvalue weighted by Crippen LogP contribution is 2.28. The molecule has 0 radical (unpaired) electrons. The standard InChI is InChI=1S/C22H26N2O7S2/c1-30-20(25)14-17(18-7-5-13-32-18)23-21(26)15-9-11-24(12-10-15)33(28,29)19-8-4-3-6-16(19)22(27)31-2/h3-8,13,15,17H,9-12,14H2,1-2H3,(H,23,26). The lowest BCUT2D eigenvalue weighted by Gasteiger charge is -2.31. The largest absolute Gasteiger partial charge is 0.469 e. The Morgan fingerprint density at radius 2 is 1.79 bits per heavy atom. The Morgan fingerprint density at radius 3 is 2.39 bits per heavy atom. The predicted molar refractivity (Wildman–Crippen MR) is 121 cm³/mol. The SMILES string of the molecule is COC(=O)CC(NC(=O)C1CCN(S(=O)(=O)c2ccccc2C(=O)OC)CC1)c1cccs1. The minimum absolute atomic E-state index is 0.0142. The zero-order valence-electron chi connectivity index (χ0n) is 18.4. The normalized spacial score (nSPS) is 16.1. The molecule has 1 fully saturated rings. The molecule has 0 spiro atoms. The Morgan fingerprint density at radius 1 is 1.09 bits per heavy atom. The molecule has 1 aliphatic rings. The monoisotopic (exact) mass is 494 g/mol. The van der Waals surface area contributed by atoms with Gasteiger partial charge in [-0.2, -0.15) is 4.31 Å². The molecule has 2 heterocycles. The smallest absolute Gasteiger partial charge is 0.339 e. The molecule has 1 atom stereocenters. The van der Waals surface area contributed by atoms with Crippen molar-refractivity contribution >= 4 is 39.2 Å². The molecule has 0 aliphatic carbocycles. The van der Waals surface area contributed by atoms with Gasteiger partial charge in [0, 0.05) is 23.9 Å². The quantitative estimate of drug-likeness (QED) is 0.560. The first kappa shape index (κ1) is 24.9. The van der Waals surface area contributed by atoms with Crippen LogP contribution in [0.4, 0.5) is 0 Å². The van der Waals surface area contributed by atoms with Crippen LogP contribution in [0.25, 0.3) is 0 Å². The second-order valence-corrected chi connectivity index (χ2v) is 10.4. The molecular formula is C22H26N2O7S2.